The molecule has 1 saturated heterocycles. The smallest absolute Gasteiger partial charge is 0.139 e. The summed E-state index contributed by atoms with van der Waals surface area (Å²) in [6.45, 7) is 6.36. The molecule has 0 aromatic carbocycles. The molecule has 5 heterocycles. The van der Waals surface area contributed by atoms with E-state index >= 15 is 0 Å². The van der Waals surface area contributed by atoms with Crippen LogP contribution in [0.2, 0.25) is 0 Å². The van der Waals surface area contributed by atoms with Gasteiger partial charge in [0.05, 0.1) is 30.5 Å². The molecular formula is C21H23N7O. The summed E-state index contributed by atoms with van der Waals surface area (Å²) in [5.41, 5.74) is 6.22. The summed E-state index contributed by atoms with van der Waals surface area (Å²) in [5.74, 6) is 0.913. The van der Waals surface area contributed by atoms with Crippen molar-refractivity contribution in [2.24, 2.45) is 7.05 Å². The van der Waals surface area contributed by atoms with Crippen molar-refractivity contribution in [3.05, 3.63) is 42.2 Å². The van der Waals surface area contributed by atoms with Crippen LogP contribution in [0.5, 0.6) is 0 Å². The summed E-state index contributed by atoms with van der Waals surface area (Å²) in [6, 6.07) is 10.4. The third kappa shape index (κ3) is 3.05. The van der Waals surface area contributed by atoms with Gasteiger partial charge in [-0.2, -0.15) is 10.2 Å². The molecule has 0 saturated carbocycles. The summed E-state index contributed by atoms with van der Waals surface area (Å²) >= 11 is 0. The van der Waals surface area contributed by atoms with E-state index in [9.17, 15) is 0 Å². The van der Waals surface area contributed by atoms with Gasteiger partial charge >= 0.3 is 0 Å². The number of aryl methyl sites for hydroxylation is 2. The molecule has 1 aliphatic heterocycles. The number of H-pyrrole nitrogens is 1. The van der Waals surface area contributed by atoms with Crippen LogP contribution in [0.4, 0.5) is 5.82 Å². The number of fused-ring (bicyclic) bond motifs is 1. The second kappa shape index (κ2) is 6.97. The van der Waals surface area contributed by atoms with Crippen molar-refractivity contribution in [1.82, 2.24) is 29.9 Å². The zero-order valence-corrected chi connectivity index (χ0v) is 16.8. The number of pyridine rings is 2. The molecule has 4 aromatic heterocycles. The molecule has 1 fully saturated rings. The molecule has 148 valence electrons. The Kier molecular flexibility index (Phi) is 4.28. The minimum Gasteiger partial charge on any atom is -0.377 e. The van der Waals surface area contributed by atoms with Crippen molar-refractivity contribution in [2.75, 3.05) is 24.7 Å². The van der Waals surface area contributed by atoms with Gasteiger partial charge in [-0.25, -0.2) is 4.98 Å². The van der Waals surface area contributed by atoms with E-state index in [-0.39, 0.29) is 6.04 Å². The van der Waals surface area contributed by atoms with Crippen LogP contribution in [0.3, 0.4) is 0 Å². The molecule has 0 spiro atoms. The number of nitrogens with one attached hydrogen (secondary N) is 1. The zero-order chi connectivity index (χ0) is 20.0. The van der Waals surface area contributed by atoms with Crippen LogP contribution in [0.15, 0.2) is 36.5 Å². The Morgan fingerprint density at radius 1 is 1.17 bits per heavy atom. The summed E-state index contributed by atoms with van der Waals surface area (Å²) < 4.78 is 7.50. The van der Waals surface area contributed by atoms with Crippen LogP contribution in [0.25, 0.3) is 33.7 Å². The summed E-state index contributed by atoms with van der Waals surface area (Å²) in [7, 11) is 1.94. The predicted molar refractivity (Wildman–Crippen MR) is 112 cm³/mol. The molecule has 8 heteroatoms. The van der Waals surface area contributed by atoms with E-state index in [2.05, 4.69) is 28.1 Å². The maximum atomic E-state index is 5.63. The Hall–Kier alpha value is -3.26. The van der Waals surface area contributed by atoms with Gasteiger partial charge in [-0.3, -0.25) is 14.8 Å². The lowest BCUT2D eigenvalue weighted by molar-refractivity contribution is 0.0986. The Labute approximate surface area is 168 Å². The molecule has 0 bridgehead atoms. The largest absolute Gasteiger partial charge is 0.377 e. The number of aromatic nitrogens is 6. The van der Waals surface area contributed by atoms with Gasteiger partial charge in [-0.15, -0.1) is 0 Å². The van der Waals surface area contributed by atoms with Crippen LogP contribution in [0, 0.1) is 6.92 Å². The van der Waals surface area contributed by atoms with Gasteiger partial charge in [0, 0.05) is 31.0 Å². The average molecular weight is 389 g/mol. The number of hydrogen-bond acceptors (Lipinski definition) is 6. The quantitative estimate of drug-likeness (QED) is 0.580. The van der Waals surface area contributed by atoms with E-state index in [1.54, 1.807) is 6.20 Å². The molecule has 0 aliphatic carbocycles. The van der Waals surface area contributed by atoms with Crippen LogP contribution in [-0.4, -0.2) is 55.7 Å². The van der Waals surface area contributed by atoms with Gasteiger partial charge in [-0.1, -0.05) is 6.07 Å². The predicted octanol–water partition coefficient (Wildman–Crippen LogP) is 2.95. The summed E-state index contributed by atoms with van der Waals surface area (Å²) in [4.78, 5) is 12.1. The Bertz CT molecular complexity index is 1170. The first-order valence-electron chi connectivity index (χ1n) is 9.78. The van der Waals surface area contributed by atoms with Gasteiger partial charge in [0.1, 0.15) is 22.7 Å². The lowest BCUT2D eigenvalue weighted by atomic mass is 10.1. The number of morpholine rings is 1. The van der Waals surface area contributed by atoms with Crippen molar-refractivity contribution in [3.8, 4) is 22.6 Å². The highest BCUT2D eigenvalue weighted by Gasteiger charge is 2.25. The van der Waals surface area contributed by atoms with Gasteiger partial charge < -0.3 is 9.64 Å². The number of hydrogen-bond donors (Lipinski definition) is 1. The molecule has 29 heavy (non-hydrogen) atoms. The normalized spacial score (nSPS) is 17.2. The first-order valence-corrected chi connectivity index (χ1v) is 9.78. The number of aromatic amines is 1. The average Bonchev–Trinajstić information content (AvgIpc) is 3.36. The van der Waals surface area contributed by atoms with Crippen molar-refractivity contribution < 1.29 is 4.74 Å². The molecule has 5 rings (SSSR count). The Morgan fingerprint density at radius 2 is 2.07 bits per heavy atom. The highest BCUT2D eigenvalue weighted by atomic mass is 16.5. The van der Waals surface area contributed by atoms with Crippen LogP contribution < -0.4 is 4.90 Å². The van der Waals surface area contributed by atoms with E-state index in [0.29, 0.717) is 13.2 Å². The second-order valence-electron chi connectivity index (χ2n) is 7.44. The standard InChI is InChI=1S/C21H23N7O/c1-13-5-4-6-16(23-13)15-11-18(28-9-10-29-12-14(28)2)24-20-19(17-7-8-22-25-17)26-27(3)21(15)20/h4-8,11,14H,9-10,12H2,1-3H3,(H,22,25)/t14-/m1/s1. The van der Waals surface area contributed by atoms with E-state index in [1.165, 1.54) is 0 Å². The molecule has 4 aromatic rings. The topological polar surface area (TPSA) is 84.8 Å². The van der Waals surface area contributed by atoms with E-state index in [0.717, 1.165) is 51.7 Å². The highest BCUT2D eigenvalue weighted by molar-refractivity contribution is 5.99. The molecule has 0 amide bonds. The maximum absolute atomic E-state index is 5.63. The first-order chi connectivity index (χ1) is 14.1. The third-order valence-electron chi connectivity index (χ3n) is 5.35. The fourth-order valence-corrected chi connectivity index (χ4v) is 3.93. The van der Waals surface area contributed by atoms with E-state index < -0.39 is 0 Å². The molecule has 1 N–H and O–H groups in total. The molecule has 0 radical (unpaired) electrons. The zero-order valence-electron chi connectivity index (χ0n) is 16.8. The van der Waals surface area contributed by atoms with Gasteiger partial charge in [0.15, 0.2) is 0 Å². The molecular weight excluding hydrogens is 366 g/mol. The van der Waals surface area contributed by atoms with Crippen molar-refractivity contribution in [2.45, 2.75) is 19.9 Å². The van der Waals surface area contributed by atoms with Gasteiger partial charge in [-0.05, 0) is 38.1 Å². The minimum absolute atomic E-state index is 0.248. The van der Waals surface area contributed by atoms with Gasteiger partial charge in [0.2, 0.25) is 0 Å². The molecule has 1 atom stereocenters. The molecule has 8 nitrogen and oxygen atoms in total. The third-order valence-corrected chi connectivity index (χ3v) is 5.35. The number of anilines is 1. The van der Waals surface area contributed by atoms with Crippen LogP contribution >= 0.6 is 0 Å². The number of ether oxygens (including phenoxy) is 1. The number of rotatable bonds is 3. The maximum Gasteiger partial charge on any atom is 0.139 e. The lowest BCUT2D eigenvalue weighted by Crippen LogP contribution is -2.44. The van der Waals surface area contributed by atoms with Crippen molar-refractivity contribution in [1.29, 1.82) is 0 Å². The fourth-order valence-electron chi connectivity index (χ4n) is 3.93. The second-order valence-corrected chi connectivity index (χ2v) is 7.44. The summed E-state index contributed by atoms with van der Waals surface area (Å²) in [6.07, 6.45) is 1.80. The minimum atomic E-state index is 0.248. The van der Waals surface area contributed by atoms with E-state index in [4.69, 9.17) is 19.8 Å². The van der Waals surface area contributed by atoms with E-state index in [1.807, 2.05) is 42.9 Å². The van der Waals surface area contributed by atoms with Gasteiger partial charge in [0.25, 0.3) is 0 Å². The Balaban J connectivity index is 1.79. The first kappa shape index (κ1) is 17.8. The van der Waals surface area contributed by atoms with Crippen LogP contribution in [0.1, 0.15) is 12.6 Å². The SMILES string of the molecule is Cc1cccc(-c2cc(N3CCOC[C@H]3C)nc3c(-c4cc[nH]n4)nn(C)c23)n1. The monoisotopic (exact) mass is 389 g/mol. The Morgan fingerprint density at radius 3 is 2.83 bits per heavy atom. The molecule has 0 unspecified atom stereocenters. The molecule has 1 aliphatic rings. The van der Waals surface area contributed by atoms with Crippen LogP contribution in [-0.2, 0) is 11.8 Å². The van der Waals surface area contributed by atoms with Crippen molar-refractivity contribution in [3.63, 3.8) is 0 Å². The number of nitrogens with zero attached hydrogens (tertiary/aromatic N) is 6. The van der Waals surface area contributed by atoms with Crippen molar-refractivity contribution >= 4 is 16.9 Å². The fraction of sp³-hybridized carbons (Fsp3) is 0.333. The summed E-state index contributed by atoms with van der Waals surface area (Å²) in [5, 5.41) is 12.0. The highest BCUT2D eigenvalue weighted by Crippen LogP contribution is 2.35. The lowest BCUT2D eigenvalue weighted by Gasteiger charge is -2.34.